The summed E-state index contributed by atoms with van der Waals surface area (Å²) in [5.74, 6) is 3.53. The lowest BCUT2D eigenvalue weighted by atomic mass is 10.3. The van der Waals surface area contributed by atoms with Crippen LogP contribution >= 0.6 is 35.1 Å². The number of rotatable bonds is 11. The van der Waals surface area contributed by atoms with Crippen molar-refractivity contribution in [1.29, 1.82) is 0 Å². The predicted octanol–water partition coefficient (Wildman–Crippen LogP) is 7.16. The summed E-state index contributed by atoms with van der Waals surface area (Å²) in [6, 6.07) is 28.2. The molecule has 4 nitrogen and oxygen atoms in total. The molecule has 1 aromatic heterocycles. The van der Waals surface area contributed by atoms with Gasteiger partial charge in [-0.1, -0.05) is 59.8 Å². The molecule has 0 atom stereocenters. The van der Waals surface area contributed by atoms with Gasteiger partial charge in [-0.2, -0.15) is 0 Å². The van der Waals surface area contributed by atoms with Crippen molar-refractivity contribution in [2.75, 3.05) is 12.4 Å². The topological polar surface area (TPSA) is 39.9 Å². The van der Waals surface area contributed by atoms with Gasteiger partial charge in [0.05, 0.1) is 12.4 Å². The number of halogens is 1. The number of hydrogen-bond acceptors (Lipinski definition) is 5. The Balaban J connectivity index is 1.33. The molecule has 0 N–H and O–H groups in total. The number of thioether (sulfide) groups is 2. The largest absolute Gasteiger partial charge is 0.494 e. The minimum Gasteiger partial charge on any atom is -0.494 e. The summed E-state index contributed by atoms with van der Waals surface area (Å²) in [6.07, 6.45) is 2.01. The van der Waals surface area contributed by atoms with Crippen LogP contribution in [0.15, 0.2) is 95.0 Å². The van der Waals surface area contributed by atoms with E-state index in [4.69, 9.17) is 16.3 Å². The molecule has 0 saturated carbocycles. The summed E-state index contributed by atoms with van der Waals surface area (Å²) < 4.78 is 7.95. The van der Waals surface area contributed by atoms with E-state index in [0.717, 1.165) is 51.8 Å². The van der Waals surface area contributed by atoms with Crippen molar-refractivity contribution in [2.45, 2.75) is 28.6 Å². The van der Waals surface area contributed by atoms with Gasteiger partial charge in [-0.05, 0) is 61.4 Å². The van der Waals surface area contributed by atoms with Crippen LogP contribution in [0.5, 0.6) is 5.75 Å². The maximum absolute atomic E-state index is 5.91. The molecule has 7 heteroatoms. The van der Waals surface area contributed by atoms with Gasteiger partial charge in [-0.25, -0.2) is 0 Å². The summed E-state index contributed by atoms with van der Waals surface area (Å²) in [6.45, 7) is 0.687. The molecule has 0 bridgehead atoms. The third kappa shape index (κ3) is 6.55. The summed E-state index contributed by atoms with van der Waals surface area (Å²) in [5.41, 5.74) is 1.09. The number of aromatic nitrogens is 3. The lowest BCUT2D eigenvalue weighted by Gasteiger charge is -2.10. The molecule has 4 aromatic rings. The van der Waals surface area contributed by atoms with Crippen LogP contribution in [0.3, 0.4) is 0 Å². The standard InChI is InChI=1S/C25H24ClN3OS2/c26-20-13-15-22(16-14-20)30-17-7-8-18-31-25-28-27-24(19-32-23-11-5-2-6-12-23)29(25)21-9-3-1-4-10-21/h1-6,9-16H,7-8,17-19H2. The van der Waals surface area contributed by atoms with Crippen LogP contribution in [-0.2, 0) is 5.75 Å². The smallest absolute Gasteiger partial charge is 0.195 e. The molecule has 3 aromatic carbocycles. The molecule has 164 valence electrons. The van der Waals surface area contributed by atoms with Crippen molar-refractivity contribution < 1.29 is 4.74 Å². The maximum atomic E-state index is 5.91. The molecule has 1 heterocycles. The number of hydrogen-bond donors (Lipinski definition) is 0. The number of ether oxygens (including phenoxy) is 1. The summed E-state index contributed by atoms with van der Waals surface area (Å²) >= 11 is 9.42. The molecule has 0 aliphatic carbocycles. The Morgan fingerprint density at radius 2 is 1.50 bits per heavy atom. The van der Waals surface area contributed by atoms with Crippen LogP contribution in [0.25, 0.3) is 5.69 Å². The highest BCUT2D eigenvalue weighted by molar-refractivity contribution is 7.99. The van der Waals surface area contributed by atoms with E-state index in [1.165, 1.54) is 4.90 Å². The van der Waals surface area contributed by atoms with Crippen molar-refractivity contribution in [3.05, 3.63) is 95.8 Å². The highest BCUT2D eigenvalue weighted by atomic mass is 35.5. The molecule has 0 aliphatic heterocycles. The van der Waals surface area contributed by atoms with E-state index in [1.54, 1.807) is 23.5 Å². The molecule has 0 unspecified atom stereocenters. The number of benzene rings is 3. The van der Waals surface area contributed by atoms with Gasteiger partial charge in [-0.3, -0.25) is 4.57 Å². The van der Waals surface area contributed by atoms with Crippen molar-refractivity contribution in [2.24, 2.45) is 0 Å². The number of unbranched alkanes of at least 4 members (excludes halogenated alkanes) is 1. The summed E-state index contributed by atoms with van der Waals surface area (Å²) in [4.78, 5) is 1.23. The van der Waals surface area contributed by atoms with E-state index in [-0.39, 0.29) is 0 Å². The van der Waals surface area contributed by atoms with Gasteiger partial charge in [-0.15, -0.1) is 22.0 Å². The molecular formula is C25H24ClN3OS2. The van der Waals surface area contributed by atoms with Crippen molar-refractivity contribution >= 4 is 35.1 Å². The zero-order valence-corrected chi connectivity index (χ0v) is 20.0. The first kappa shape index (κ1) is 22.8. The fourth-order valence-electron chi connectivity index (χ4n) is 3.08. The van der Waals surface area contributed by atoms with Gasteiger partial charge in [0, 0.05) is 21.4 Å². The quantitative estimate of drug-likeness (QED) is 0.168. The first-order chi connectivity index (χ1) is 15.8. The van der Waals surface area contributed by atoms with Gasteiger partial charge in [0.1, 0.15) is 11.6 Å². The van der Waals surface area contributed by atoms with E-state index in [2.05, 4.69) is 51.2 Å². The normalized spacial score (nSPS) is 10.9. The highest BCUT2D eigenvalue weighted by Gasteiger charge is 2.14. The van der Waals surface area contributed by atoms with Crippen LogP contribution in [0, 0.1) is 0 Å². The SMILES string of the molecule is Clc1ccc(OCCCCSc2nnc(CSc3ccccc3)n2-c2ccccc2)cc1. The fraction of sp³-hybridized carbons (Fsp3) is 0.200. The summed E-state index contributed by atoms with van der Waals surface area (Å²) in [5, 5.41) is 10.7. The fourth-order valence-corrected chi connectivity index (χ4v) is 5.00. The van der Waals surface area contributed by atoms with Crippen LogP contribution < -0.4 is 4.74 Å². The van der Waals surface area contributed by atoms with Crippen molar-refractivity contribution in [1.82, 2.24) is 14.8 Å². The Morgan fingerprint density at radius 3 is 2.25 bits per heavy atom. The third-order valence-electron chi connectivity index (χ3n) is 4.68. The molecule has 0 amide bonds. The average Bonchev–Trinajstić information content (AvgIpc) is 3.25. The Labute approximate surface area is 202 Å². The maximum Gasteiger partial charge on any atom is 0.195 e. The second-order valence-corrected chi connectivity index (χ2v) is 9.58. The van der Waals surface area contributed by atoms with Crippen molar-refractivity contribution in [3.8, 4) is 11.4 Å². The third-order valence-corrected chi connectivity index (χ3v) is 6.95. The van der Waals surface area contributed by atoms with Crippen LogP contribution in [0.2, 0.25) is 5.02 Å². The Bertz CT molecular complexity index is 1090. The van der Waals surface area contributed by atoms with Gasteiger partial charge < -0.3 is 4.74 Å². The van der Waals surface area contributed by atoms with Gasteiger partial charge >= 0.3 is 0 Å². The zero-order valence-electron chi connectivity index (χ0n) is 17.6. The molecule has 32 heavy (non-hydrogen) atoms. The Hall–Kier alpha value is -2.41. The Morgan fingerprint density at radius 1 is 0.781 bits per heavy atom. The second-order valence-electron chi connectivity index (χ2n) is 7.03. The lowest BCUT2D eigenvalue weighted by Crippen LogP contribution is -2.02. The lowest BCUT2D eigenvalue weighted by molar-refractivity contribution is 0.310. The molecule has 0 spiro atoms. The van der Waals surface area contributed by atoms with E-state index in [1.807, 2.05) is 48.5 Å². The molecule has 0 fully saturated rings. The van der Waals surface area contributed by atoms with Crippen LogP contribution in [-0.4, -0.2) is 27.1 Å². The van der Waals surface area contributed by atoms with E-state index < -0.39 is 0 Å². The number of para-hydroxylation sites is 1. The van der Waals surface area contributed by atoms with E-state index in [9.17, 15) is 0 Å². The molecule has 0 radical (unpaired) electrons. The minimum absolute atomic E-state index is 0.687. The summed E-state index contributed by atoms with van der Waals surface area (Å²) in [7, 11) is 0. The molecule has 0 aliphatic rings. The Kier molecular flexibility index (Phi) is 8.54. The first-order valence-electron chi connectivity index (χ1n) is 10.5. The number of nitrogens with zero attached hydrogens (tertiary/aromatic N) is 3. The van der Waals surface area contributed by atoms with Crippen LogP contribution in [0.4, 0.5) is 0 Å². The average molecular weight is 482 g/mol. The van der Waals surface area contributed by atoms with E-state index >= 15 is 0 Å². The molecule has 4 rings (SSSR count). The monoisotopic (exact) mass is 481 g/mol. The van der Waals surface area contributed by atoms with Crippen molar-refractivity contribution in [3.63, 3.8) is 0 Å². The second kappa shape index (κ2) is 12.0. The van der Waals surface area contributed by atoms with Gasteiger partial charge in [0.25, 0.3) is 0 Å². The van der Waals surface area contributed by atoms with E-state index in [0.29, 0.717) is 6.61 Å². The zero-order chi connectivity index (χ0) is 22.0. The minimum atomic E-state index is 0.687. The van der Waals surface area contributed by atoms with Gasteiger partial charge in [0.15, 0.2) is 5.16 Å². The van der Waals surface area contributed by atoms with Gasteiger partial charge in [0.2, 0.25) is 0 Å². The predicted molar refractivity (Wildman–Crippen MR) is 134 cm³/mol. The highest BCUT2D eigenvalue weighted by Crippen LogP contribution is 2.27. The molecule has 0 saturated heterocycles. The first-order valence-corrected chi connectivity index (χ1v) is 12.8. The molecular weight excluding hydrogens is 458 g/mol. The van der Waals surface area contributed by atoms with Crippen LogP contribution in [0.1, 0.15) is 18.7 Å².